The van der Waals surface area contributed by atoms with Crippen LogP contribution in [0.15, 0.2) is 29.9 Å². The van der Waals surface area contributed by atoms with Gasteiger partial charge in [0.05, 0.1) is 11.6 Å². The van der Waals surface area contributed by atoms with Crippen molar-refractivity contribution in [1.29, 1.82) is 0 Å². The van der Waals surface area contributed by atoms with Crippen molar-refractivity contribution in [2.24, 2.45) is 5.92 Å². The fraction of sp³-hybridized carbons (Fsp3) is 0.357. The summed E-state index contributed by atoms with van der Waals surface area (Å²) in [7, 11) is 0. The van der Waals surface area contributed by atoms with Gasteiger partial charge < -0.3 is 10.6 Å². The number of thiazole rings is 1. The Morgan fingerprint density at radius 1 is 1.40 bits per heavy atom. The van der Waals surface area contributed by atoms with Crippen LogP contribution in [0.1, 0.15) is 12.8 Å². The third-order valence-corrected chi connectivity index (χ3v) is 4.14. The molecule has 2 aromatic rings. The molecule has 1 aliphatic heterocycles. The molecular weight excluding hydrogens is 272 g/mol. The van der Waals surface area contributed by atoms with Crippen molar-refractivity contribution in [2.45, 2.75) is 12.8 Å². The number of anilines is 1. The predicted molar refractivity (Wildman–Crippen MR) is 79.6 cm³/mol. The van der Waals surface area contributed by atoms with Crippen molar-refractivity contribution in [3.63, 3.8) is 0 Å². The number of piperidine rings is 1. The summed E-state index contributed by atoms with van der Waals surface area (Å²) in [5.41, 5.74) is 1.88. The smallest absolute Gasteiger partial charge is 0.230 e. The molecule has 1 fully saturated rings. The molecule has 1 aliphatic rings. The first-order valence-corrected chi connectivity index (χ1v) is 7.58. The van der Waals surface area contributed by atoms with Gasteiger partial charge >= 0.3 is 0 Å². The van der Waals surface area contributed by atoms with Gasteiger partial charge in [-0.15, -0.1) is 11.3 Å². The monoisotopic (exact) mass is 288 g/mol. The zero-order valence-electron chi connectivity index (χ0n) is 11.0. The molecule has 0 aromatic carbocycles. The van der Waals surface area contributed by atoms with Crippen LogP contribution in [0.5, 0.6) is 0 Å². The number of nitrogens with one attached hydrogen (secondary N) is 2. The summed E-state index contributed by atoms with van der Waals surface area (Å²) in [5.74, 6) is 0.116. The van der Waals surface area contributed by atoms with Gasteiger partial charge in [0.1, 0.15) is 0 Å². The first-order valence-electron chi connectivity index (χ1n) is 6.70. The first-order chi connectivity index (χ1) is 9.83. The number of carbonyl (C=O) groups is 1. The van der Waals surface area contributed by atoms with E-state index in [0.717, 1.165) is 37.2 Å². The van der Waals surface area contributed by atoms with Crippen LogP contribution in [-0.4, -0.2) is 29.0 Å². The molecule has 0 bridgehead atoms. The average Bonchev–Trinajstić information content (AvgIpc) is 2.97. The molecule has 3 heterocycles. The van der Waals surface area contributed by atoms with Gasteiger partial charge in [0.25, 0.3) is 0 Å². The van der Waals surface area contributed by atoms with Crippen LogP contribution in [-0.2, 0) is 4.79 Å². The maximum Gasteiger partial charge on any atom is 0.230 e. The van der Waals surface area contributed by atoms with E-state index in [9.17, 15) is 4.79 Å². The Bertz CT molecular complexity index is 578. The van der Waals surface area contributed by atoms with Crippen molar-refractivity contribution in [3.05, 3.63) is 29.9 Å². The largest absolute Gasteiger partial charge is 0.316 e. The maximum absolute atomic E-state index is 12.1. The fourth-order valence-electron chi connectivity index (χ4n) is 2.27. The van der Waals surface area contributed by atoms with Crippen LogP contribution in [0.25, 0.3) is 11.3 Å². The summed E-state index contributed by atoms with van der Waals surface area (Å²) in [4.78, 5) is 20.6. The number of aromatic nitrogens is 2. The SMILES string of the molecule is O=C(Nc1nc(-c2ccncc2)cs1)C1CCCNC1. The zero-order chi connectivity index (χ0) is 13.8. The number of nitrogens with zero attached hydrogens (tertiary/aromatic N) is 2. The molecular formula is C14H16N4OS. The van der Waals surface area contributed by atoms with Gasteiger partial charge in [-0.05, 0) is 31.5 Å². The molecule has 0 aliphatic carbocycles. The summed E-state index contributed by atoms with van der Waals surface area (Å²) in [6.45, 7) is 1.77. The van der Waals surface area contributed by atoms with Crippen molar-refractivity contribution in [1.82, 2.24) is 15.3 Å². The third-order valence-electron chi connectivity index (χ3n) is 3.38. The van der Waals surface area contributed by atoms with E-state index < -0.39 is 0 Å². The zero-order valence-corrected chi connectivity index (χ0v) is 11.8. The molecule has 3 rings (SSSR count). The Morgan fingerprint density at radius 3 is 3.00 bits per heavy atom. The highest BCUT2D eigenvalue weighted by Gasteiger charge is 2.21. The molecule has 2 aromatic heterocycles. The van der Waals surface area contributed by atoms with Gasteiger partial charge in [-0.3, -0.25) is 9.78 Å². The average molecular weight is 288 g/mol. The first kappa shape index (κ1) is 13.2. The summed E-state index contributed by atoms with van der Waals surface area (Å²) >= 11 is 1.45. The van der Waals surface area contributed by atoms with Crippen molar-refractivity contribution < 1.29 is 4.79 Å². The molecule has 104 valence electrons. The van der Waals surface area contributed by atoms with Gasteiger partial charge in [0.2, 0.25) is 5.91 Å². The number of pyridine rings is 1. The highest BCUT2D eigenvalue weighted by molar-refractivity contribution is 7.14. The summed E-state index contributed by atoms with van der Waals surface area (Å²) in [6, 6.07) is 3.82. The van der Waals surface area contributed by atoms with E-state index in [1.807, 2.05) is 17.5 Å². The molecule has 0 radical (unpaired) electrons. The minimum atomic E-state index is 0.0528. The van der Waals surface area contributed by atoms with Crippen molar-refractivity contribution in [2.75, 3.05) is 18.4 Å². The quantitative estimate of drug-likeness (QED) is 0.908. The van der Waals surface area contributed by atoms with Gasteiger partial charge in [0, 0.05) is 29.9 Å². The molecule has 1 unspecified atom stereocenters. The molecule has 1 amide bonds. The Hall–Kier alpha value is -1.79. The minimum Gasteiger partial charge on any atom is -0.316 e. The van der Waals surface area contributed by atoms with E-state index in [0.29, 0.717) is 5.13 Å². The van der Waals surface area contributed by atoms with E-state index in [1.165, 1.54) is 11.3 Å². The van der Waals surface area contributed by atoms with E-state index in [-0.39, 0.29) is 11.8 Å². The van der Waals surface area contributed by atoms with Crippen LogP contribution in [0.3, 0.4) is 0 Å². The van der Waals surface area contributed by atoms with Crippen molar-refractivity contribution >= 4 is 22.4 Å². The Kier molecular flexibility index (Phi) is 4.03. The lowest BCUT2D eigenvalue weighted by Crippen LogP contribution is -2.37. The standard InChI is InChI=1S/C14H16N4OS/c19-13(11-2-1-5-16-8-11)18-14-17-12(9-20-14)10-3-6-15-7-4-10/h3-4,6-7,9,11,16H,1-2,5,8H2,(H,17,18,19). The molecule has 0 saturated carbocycles. The lowest BCUT2D eigenvalue weighted by molar-refractivity contribution is -0.120. The third kappa shape index (κ3) is 3.02. The lowest BCUT2D eigenvalue weighted by Gasteiger charge is -2.21. The Labute approximate surface area is 121 Å². The predicted octanol–water partition coefficient (Wildman–Crippen LogP) is 2.14. The van der Waals surface area contributed by atoms with E-state index in [1.54, 1.807) is 12.4 Å². The molecule has 6 heteroatoms. The second kappa shape index (κ2) is 6.11. The highest BCUT2D eigenvalue weighted by atomic mass is 32.1. The number of amides is 1. The number of hydrogen-bond donors (Lipinski definition) is 2. The van der Waals surface area contributed by atoms with Gasteiger partial charge in [-0.2, -0.15) is 0 Å². The summed E-state index contributed by atoms with van der Waals surface area (Å²) < 4.78 is 0. The van der Waals surface area contributed by atoms with E-state index in [4.69, 9.17) is 0 Å². The van der Waals surface area contributed by atoms with Gasteiger partial charge in [-0.1, -0.05) is 0 Å². The van der Waals surface area contributed by atoms with Crippen LogP contribution in [0.4, 0.5) is 5.13 Å². The van der Waals surface area contributed by atoms with Crippen LogP contribution < -0.4 is 10.6 Å². The molecule has 2 N–H and O–H groups in total. The van der Waals surface area contributed by atoms with Crippen LogP contribution in [0, 0.1) is 5.92 Å². The van der Waals surface area contributed by atoms with Gasteiger partial charge in [0.15, 0.2) is 5.13 Å². The Balaban J connectivity index is 1.66. The Morgan fingerprint density at radius 2 is 2.25 bits per heavy atom. The number of carbonyl (C=O) groups excluding carboxylic acids is 1. The van der Waals surface area contributed by atoms with E-state index in [2.05, 4.69) is 20.6 Å². The van der Waals surface area contributed by atoms with Crippen LogP contribution >= 0.6 is 11.3 Å². The van der Waals surface area contributed by atoms with E-state index >= 15 is 0 Å². The molecule has 1 atom stereocenters. The normalized spacial score (nSPS) is 18.7. The summed E-state index contributed by atoms with van der Waals surface area (Å²) in [5, 5.41) is 8.77. The van der Waals surface area contributed by atoms with Gasteiger partial charge in [-0.25, -0.2) is 4.98 Å². The topological polar surface area (TPSA) is 66.9 Å². The number of rotatable bonds is 3. The second-order valence-corrected chi connectivity index (χ2v) is 5.66. The highest BCUT2D eigenvalue weighted by Crippen LogP contribution is 2.25. The summed E-state index contributed by atoms with van der Waals surface area (Å²) in [6.07, 6.45) is 5.47. The minimum absolute atomic E-state index is 0.0528. The second-order valence-electron chi connectivity index (χ2n) is 4.81. The molecule has 0 spiro atoms. The van der Waals surface area contributed by atoms with Crippen LogP contribution in [0.2, 0.25) is 0 Å². The molecule has 5 nitrogen and oxygen atoms in total. The molecule has 1 saturated heterocycles. The number of hydrogen-bond acceptors (Lipinski definition) is 5. The van der Waals surface area contributed by atoms with Crippen molar-refractivity contribution in [3.8, 4) is 11.3 Å². The fourth-order valence-corrected chi connectivity index (χ4v) is 2.99. The molecule has 20 heavy (non-hydrogen) atoms. The maximum atomic E-state index is 12.1. The lowest BCUT2D eigenvalue weighted by atomic mass is 9.99.